The minimum absolute atomic E-state index is 0.0635. The number of carbonyl (C=O) groups excluding carboxylic acids is 1. The van der Waals surface area contributed by atoms with E-state index >= 15 is 0 Å². The van der Waals surface area contributed by atoms with E-state index < -0.39 is 11.7 Å². The van der Waals surface area contributed by atoms with Crippen LogP contribution in [0.4, 0.5) is 0 Å². The summed E-state index contributed by atoms with van der Waals surface area (Å²) in [6.07, 6.45) is 4.62. The summed E-state index contributed by atoms with van der Waals surface area (Å²) in [5, 5.41) is 10.9. The Kier molecular flexibility index (Phi) is 3.79. The van der Waals surface area contributed by atoms with E-state index in [9.17, 15) is 9.90 Å². The molecule has 2 bridgehead atoms. The molecule has 4 rings (SSSR count). The van der Waals surface area contributed by atoms with Gasteiger partial charge in [-0.15, -0.1) is 0 Å². The van der Waals surface area contributed by atoms with Gasteiger partial charge in [-0.05, 0) is 45.6 Å². The van der Waals surface area contributed by atoms with E-state index in [1.807, 2.05) is 13.0 Å². The third-order valence-electron chi connectivity index (χ3n) is 6.83. The third-order valence-corrected chi connectivity index (χ3v) is 6.83. The van der Waals surface area contributed by atoms with Crippen LogP contribution in [0, 0.1) is 23.7 Å². The molecule has 2 saturated heterocycles. The SMILES string of the molecule is CC1=CC(=O)[C@H]2[C@H]3[C@@H]1[C@@H]1C/C(C)=C\C[C@@H](O)[C@](C)(OC[C@@H]2C)[C@H]3O1. The predicted octanol–water partition coefficient (Wildman–Crippen LogP) is 2.66. The summed E-state index contributed by atoms with van der Waals surface area (Å²) in [7, 11) is 0. The fourth-order valence-electron chi connectivity index (χ4n) is 5.50. The highest BCUT2D eigenvalue weighted by atomic mass is 16.6. The number of aliphatic hydroxyl groups excluding tert-OH is 1. The molecule has 4 heteroatoms. The van der Waals surface area contributed by atoms with Crippen molar-refractivity contribution in [3.63, 3.8) is 0 Å². The molecule has 0 aromatic heterocycles. The van der Waals surface area contributed by atoms with Gasteiger partial charge in [0.2, 0.25) is 0 Å². The summed E-state index contributed by atoms with van der Waals surface area (Å²) in [6, 6.07) is 0. The van der Waals surface area contributed by atoms with Gasteiger partial charge in [0.1, 0.15) is 5.60 Å². The van der Waals surface area contributed by atoms with E-state index in [1.54, 1.807) is 0 Å². The average molecular weight is 332 g/mol. The highest BCUT2D eigenvalue weighted by molar-refractivity contribution is 5.94. The molecular weight excluding hydrogens is 304 g/mol. The number of carbonyl (C=O) groups is 1. The van der Waals surface area contributed by atoms with E-state index in [-0.39, 0.29) is 41.7 Å². The van der Waals surface area contributed by atoms with Gasteiger partial charge in [0.15, 0.2) is 5.78 Å². The van der Waals surface area contributed by atoms with E-state index in [2.05, 4.69) is 26.8 Å². The zero-order valence-corrected chi connectivity index (χ0v) is 15.0. The number of fused-ring (bicyclic) bond motifs is 2. The second-order valence-corrected chi connectivity index (χ2v) is 8.49. The molecule has 4 aliphatic rings. The first-order valence-electron chi connectivity index (χ1n) is 9.18. The minimum atomic E-state index is -0.764. The molecule has 24 heavy (non-hydrogen) atoms. The Balaban J connectivity index is 1.89. The Bertz CT molecular complexity index is 621. The normalized spacial score (nSPS) is 53.2. The Hall–Kier alpha value is -0.970. The highest BCUT2D eigenvalue weighted by Crippen LogP contribution is 2.54. The molecule has 2 fully saturated rings. The lowest BCUT2D eigenvalue weighted by Gasteiger charge is -2.41. The lowest BCUT2D eigenvalue weighted by Crippen LogP contribution is -2.54. The van der Waals surface area contributed by atoms with Gasteiger partial charge in [0, 0.05) is 17.8 Å². The van der Waals surface area contributed by atoms with Crippen LogP contribution in [-0.4, -0.2) is 41.4 Å². The van der Waals surface area contributed by atoms with Gasteiger partial charge in [0.25, 0.3) is 0 Å². The molecule has 132 valence electrons. The van der Waals surface area contributed by atoms with E-state index in [0.29, 0.717) is 13.0 Å². The smallest absolute Gasteiger partial charge is 0.159 e. The number of hydrogen-bond donors (Lipinski definition) is 1. The number of allylic oxidation sites excluding steroid dienone is 1. The standard InChI is InChI=1S/C20H28O4/c1-10-5-6-15(22)20(4)19-18-16(12(3)9-23-20)13(21)8-11(2)17(18)14(7-10)24-19/h5,8,12,14-19,22H,6-7,9H2,1-4H3/b10-5-/t12-,14-,15+,16-,17-,18-,19-,20-/m0/s1. The van der Waals surface area contributed by atoms with Gasteiger partial charge in [-0.3, -0.25) is 4.79 Å². The molecule has 0 amide bonds. The van der Waals surface area contributed by atoms with Crippen LogP contribution in [0.5, 0.6) is 0 Å². The van der Waals surface area contributed by atoms with Crippen LogP contribution in [0.25, 0.3) is 0 Å². The van der Waals surface area contributed by atoms with Crippen molar-refractivity contribution in [3.8, 4) is 0 Å². The van der Waals surface area contributed by atoms with Crippen molar-refractivity contribution in [2.75, 3.05) is 6.61 Å². The maximum atomic E-state index is 12.8. The fraction of sp³-hybridized carbons (Fsp3) is 0.750. The molecule has 0 unspecified atom stereocenters. The number of rotatable bonds is 0. The summed E-state index contributed by atoms with van der Waals surface area (Å²) in [6.45, 7) is 8.73. The highest BCUT2D eigenvalue weighted by Gasteiger charge is 2.62. The summed E-state index contributed by atoms with van der Waals surface area (Å²) in [5.74, 6) is 0.641. The largest absolute Gasteiger partial charge is 0.390 e. The molecular formula is C20H28O4. The van der Waals surface area contributed by atoms with Crippen LogP contribution >= 0.6 is 0 Å². The van der Waals surface area contributed by atoms with Crippen LogP contribution in [-0.2, 0) is 14.3 Å². The first-order valence-corrected chi connectivity index (χ1v) is 9.18. The van der Waals surface area contributed by atoms with Crippen molar-refractivity contribution in [1.82, 2.24) is 0 Å². The molecule has 0 spiro atoms. The average Bonchev–Trinajstić information content (AvgIpc) is 2.85. The van der Waals surface area contributed by atoms with Crippen molar-refractivity contribution < 1.29 is 19.4 Å². The van der Waals surface area contributed by atoms with E-state index in [1.165, 1.54) is 5.57 Å². The van der Waals surface area contributed by atoms with Crippen molar-refractivity contribution in [1.29, 1.82) is 0 Å². The topological polar surface area (TPSA) is 55.8 Å². The molecule has 8 atom stereocenters. The second kappa shape index (κ2) is 5.52. The molecule has 0 saturated carbocycles. The van der Waals surface area contributed by atoms with Crippen LogP contribution in [0.1, 0.15) is 40.5 Å². The second-order valence-electron chi connectivity index (χ2n) is 8.49. The molecule has 3 aliphatic heterocycles. The third kappa shape index (κ3) is 2.19. The lowest BCUT2D eigenvalue weighted by atomic mass is 9.63. The first kappa shape index (κ1) is 16.5. The summed E-state index contributed by atoms with van der Waals surface area (Å²) in [5.41, 5.74) is 1.61. The number of hydrogen-bond acceptors (Lipinski definition) is 4. The van der Waals surface area contributed by atoms with Crippen LogP contribution in [0.2, 0.25) is 0 Å². The molecule has 1 N–H and O–H groups in total. The lowest BCUT2D eigenvalue weighted by molar-refractivity contribution is -0.183. The number of ketones is 1. The fourth-order valence-corrected chi connectivity index (χ4v) is 5.50. The van der Waals surface area contributed by atoms with Crippen LogP contribution in [0.15, 0.2) is 23.3 Å². The Morgan fingerprint density at radius 2 is 2.04 bits per heavy atom. The van der Waals surface area contributed by atoms with E-state index in [4.69, 9.17) is 9.47 Å². The van der Waals surface area contributed by atoms with Gasteiger partial charge in [-0.25, -0.2) is 0 Å². The van der Waals surface area contributed by atoms with Crippen molar-refractivity contribution >= 4 is 5.78 Å². The molecule has 0 radical (unpaired) electrons. The quantitative estimate of drug-likeness (QED) is 0.693. The van der Waals surface area contributed by atoms with Gasteiger partial charge >= 0.3 is 0 Å². The van der Waals surface area contributed by atoms with Crippen LogP contribution < -0.4 is 0 Å². The molecule has 3 heterocycles. The van der Waals surface area contributed by atoms with Crippen molar-refractivity contribution in [3.05, 3.63) is 23.3 Å². The van der Waals surface area contributed by atoms with E-state index in [0.717, 1.165) is 12.0 Å². The van der Waals surface area contributed by atoms with Crippen molar-refractivity contribution in [2.45, 2.75) is 64.4 Å². The van der Waals surface area contributed by atoms with Gasteiger partial charge in [0.05, 0.1) is 24.9 Å². The van der Waals surface area contributed by atoms with Gasteiger partial charge < -0.3 is 14.6 Å². The molecule has 4 nitrogen and oxygen atoms in total. The summed E-state index contributed by atoms with van der Waals surface area (Å²) in [4.78, 5) is 12.8. The Morgan fingerprint density at radius 3 is 2.79 bits per heavy atom. The van der Waals surface area contributed by atoms with Crippen molar-refractivity contribution in [2.24, 2.45) is 23.7 Å². The number of aliphatic hydroxyl groups is 1. The Labute approximate surface area is 143 Å². The summed E-state index contributed by atoms with van der Waals surface area (Å²) >= 11 is 0. The molecule has 0 aromatic carbocycles. The van der Waals surface area contributed by atoms with Crippen LogP contribution in [0.3, 0.4) is 0 Å². The molecule has 1 aliphatic carbocycles. The zero-order chi connectivity index (χ0) is 17.2. The van der Waals surface area contributed by atoms with Gasteiger partial charge in [-0.1, -0.05) is 24.1 Å². The Morgan fingerprint density at radius 1 is 1.29 bits per heavy atom. The summed E-state index contributed by atoms with van der Waals surface area (Å²) < 4.78 is 12.8. The molecule has 0 aromatic rings. The maximum Gasteiger partial charge on any atom is 0.159 e. The number of ether oxygens (including phenoxy) is 2. The van der Waals surface area contributed by atoms with Gasteiger partial charge in [-0.2, -0.15) is 0 Å². The monoisotopic (exact) mass is 332 g/mol. The minimum Gasteiger partial charge on any atom is -0.390 e. The maximum absolute atomic E-state index is 12.8. The predicted molar refractivity (Wildman–Crippen MR) is 90.4 cm³/mol. The zero-order valence-electron chi connectivity index (χ0n) is 15.0. The first-order chi connectivity index (χ1) is 11.3.